The van der Waals surface area contributed by atoms with E-state index in [9.17, 15) is 4.39 Å². The predicted molar refractivity (Wildman–Crippen MR) is 127 cm³/mol. The summed E-state index contributed by atoms with van der Waals surface area (Å²) in [5.74, 6) is 0.472. The molecule has 1 aliphatic rings. The van der Waals surface area contributed by atoms with E-state index in [-0.39, 0.29) is 29.8 Å². The van der Waals surface area contributed by atoms with Crippen LogP contribution in [0.2, 0.25) is 0 Å². The van der Waals surface area contributed by atoms with E-state index in [0.717, 1.165) is 24.6 Å². The summed E-state index contributed by atoms with van der Waals surface area (Å²) in [6, 6.07) is 5.95. The van der Waals surface area contributed by atoms with Crippen molar-refractivity contribution in [2.45, 2.75) is 45.2 Å². The summed E-state index contributed by atoms with van der Waals surface area (Å²) in [5.41, 5.74) is 1.36. The lowest BCUT2D eigenvalue weighted by molar-refractivity contribution is 0.147. The Labute approximate surface area is 190 Å². The van der Waals surface area contributed by atoms with Crippen LogP contribution in [0.4, 0.5) is 4.39 Å². The number of hydrogen-bond acceptors (Lipinski definition) is 3. The number of imidazole rings is 1. The second kappa shape index (κ2) is 12.1. The molecule has 0 spiro atoms. The topological polar surface area (TPSA) is 57.5 Å². The first-order valence-corrected chi connectivity index (χ1v) is 10.2. The normalized spacial score (nSPS) is 17.6. The van der Waals surface area contributed by atoms with Crippen LogP contribution in [0.1, 0.15) is 38.2 Å². The molecule has 3 rings (SSSR count). The number of nitrogens with one attached hydrogen (secondary N) is 2. The maximum atomic E-state index is 14.4. The first-order chi connectivity index (χ1) is 13.7. The van der Waals surface area contributed by atoms with Crippen LogP contribution in [0, 0.1) is 5.82 Å². The number of rotatable bonds is 7. The second-order valence-corrected chi connectivity index (χ2v) is 7.20. The van der Waals surface area contributed by atoms with Gasteiger partial charge in [-0.05, 0) is 43.5 Å². The monoisotopic (exact) mass is 514 g/mol. The Morgan fingerprint density at radius 1 is 1.31 bits per heavy atom. The Morgan fingerprint density at radius 3 is 2.86 bits per heavy atom. The smallest absolute Gasteiger partial charge is 0.191 e. The minimum Gasteiger partial charge on any atom is -0.355 e. The molecule has 2 heterocycles. The molecule has 0 radical (unpaired) electrons. The molecule has 6 nitrogen and oxygen atoms in total. The average molecular weight is 514 g/mol. The van der Waals surface area contributed by atoms with E-state index in [1.54, 1.807) is 42.5 Å². The summed E-state index contributed by atoms with van der Waals surface area (Å²) < 4.78 is 16.0. The zero-order chi connectivity index (χ0) is 19.8. The molecule has 0 amide bonds. The highest BCUT2D eigenvalue weighted by molar-refractivity contribution is 14.0. The molecule has 0 saturated carbocycles. The van der Waals surface area contributed by atoms with Crippen molar-refractivity contribution in [3.05, 3.63) is 48.3 Å². The van der Waals surface area contributed by atoms with E-state index in [1.807, 2.05) is 6.07 Å². The van der Waals surface area contributed by atoms with E-state index in [4.69, 9.17) is 0 Å². The van der Waals surface area contributed by atoms with Gasteiger partial charge in [-0.1, -0.05) is 19.4 Å². The summed E-state index contributed by atoms with van der Waals surface area (Å²) >= 11 is 0. The highest BCUT2D eigenvalue weighted by Crippen LogP contribution is 2.18. The minimum atomic E-state index is -0.268. The number of aliphatic imine (C=N–C) groups is 1. The van der Waals surface area contributed by atoms with Crippen molar-refractivity contribution in [1.29, 1.82) is 0 Å². The highest BCUT2D eigenvalue weighted by atomic mass is 127. The van der Waals surface area contributed by atoms with Gasteiger partial charge in [-0.25, -0.2) is 9.37 Å². The van der Waals surface area contributed by atoms with Gasteiger partial charge < -0.3 is 15.2 Å². The summed E-state index contributed by atoms with van der Waals surface area (Å²) in [5, 5.41) is 6.64. The third kappa shape index (κ3) is 6.67. The third-order valence-electron chi connectivity index (χ3n) is 5.39. The number of aromatic nitrogens is 2. The second-order valence-electron chi connectivity index (χ2n) is 7.20. The molecule has 1 aromatic heterocycles. The van der Waals surface area contributed by atoms with E-state index in [2.05, 4.69) is 32.4 Å². The van der Waals surface area contributed by atoms with Gasteiger partial charge >= 0.3 is 0 Å². The van der Waals surface area contributed by atoms with Crippen LogP contribution in [0.3, 0.4) is 0 Å². The lowest BCUT2D eigenvalue weighted by Crippen LogP contribution is -2.45. The standard InChI is InChI=1S/C21H31FN6.HI/c1-3-18-6-4-5-11-27(18)13-10-25-21(23-2)26-15-17-7-8-20(19(22)14-17)28-12-9-24-16-28;/h7-9,12,14,16,18H,3-6,10-11,13,15H2,1-2H3,(H2,23,25,26);1H. The number of piperidine rings is 1. The van der Waals surface area contributed by atoms with Crippen LogP contribution in [0.25, 0.3) is 5.69 Å². The van der Waals surface area contributed by atoms with E-state index in [0.29, 0.717) is 18.3 Å². The number of nitrogens with zero attached hydrogens (tertiary/aromatic N) is 4. The van der Waals surface area contributed by atoms with Gasteiger partial charge in [-0.2, -0.15) is 0 Å². The van der Waals surface area contributed by atoms with Crippen molar-refractivity contribution in [2.75, 3.05) is 26.7 Å². The van der Waals surface area contributed by atoms with Gasteiger partial charge in [0.2, 0.25) is 0 Å². The quantitative estimate of drug-likeness (QED) is 0.337. The van der Waals surface area contributed by atoms with Crippen molar-refractivity contribution < 1.29 is 4.39 Å². The molecule has 8 heteroatoms. The Balaban J connectivity index is 0.00000300. The van der Waals surface area contributed by atoms with Crippen molar-refractivity contribution >= 4 is 29.9 Å². The summed E-state index contributed by atoms with van der Waals surface area (Å²) in [6.07, 6.45) is 10.1. The van der Waals surface area contributed by atoms with Crippen LogP contribution >= 0.6 is 24.0 Å². The van der Waals surface area contributed by atoms with Gasteiger partial charge in [0, 0.05) is 45.1 Å². The molecule has 1 atom stereocenters. The summed E-state index contributed by atoms with van der Waals surface area (Å²) in [6.45, 7) is 5.85. The number of hydrogen-bond donors (Lipinski definition) is 2. The molecule has 1 aliphatic heterocycles. The lowest BCUT2D eigenvalue weighted by Gasteiger charge is -2.35. The van der Waals surface area contributed by atoms with Crippen molar-refractivity contribution in [3.8, 4) is 5.69 Å². The maximum Gasteiger partial charge on any atom is 0.191 e. The number of benzene rings is 1. The molecule has 29 heavy (non-hydrogen) atoms. The number of guanidine groups is 1. The molecule has 0 bridgehead atoms. The predicted octanol–water partition coefficient (Wildman–Crippen LogP) is 3.56. The lowest BCUT2D eigenvalue weighted by atomic mass is 10.0. The molecule has 160 valence electrons. The van der Waals surface area contributed by atoms with Gasteiger partial charge in [0.25, 0.3) is 0 Å². The van der Waals surface area contributed by atoms with Gasteiger partial charge in [0.15, 0.2) is 5.96 Å². The van der Waals surface area contributed by atoms with Gasteiger partial charge in [0.05, 0.1) is 12.0 Å². The molecule has 1 unspecified atom stereocenters. The van der Waals surface area contributed by atoms with Crippen LogP contribution in [-0.4, -0.2) is 53.1 Å². The fourth-order valence-corrected chi connectivity index (χ4v) is 3.81. The van der Waals surface area contributed by atoms with E-state index >= 15 is 0 Å². The van der Waals surface area contributed by atoms with E-state index < -0.39 is 0 Å². The average Bonchev–Trinajstić information content (AvgIpc) is 3.25. The minimum absolute atomic E-state index is 0. The van der Waals surface area contributed by atoms with Crippen molar-refractivity contribution in [2.24, 2.45) is 4.99 Å². The largest absolute Gasteiger partial charge is 0.355 e. The zero-order valence-corrected chi connectivity index (χ0v) is 19.6. The Hall–Kier alpha value is -1.68. The Morgan fingerprint density at radius 2 is 2.17 bits per heavy atom. The van der Waals surface area contributed by atoms with Gasteiger partial charge in [0.1, 0.15) is 5.82 Å². The highest BCUT2D eigenvalue weighted by Gasteiger charge is 2.19. The van der Waals surface area contributed by atoms with E-state index in [1.165, 1.54) is 32.2 Å². The molecule has 0 aliphatic carbocycles. The first-order valence-electron chi connectivity index (χ1n) is 10.2. The van der Waals surface area contributed by atoms with Crippen LogP contribution in [0.15, 0.2) is 41.9 Å². The summed E-state index contributed by atoms with van der Waals surface area (Å²) in [4.78, 5) is 10.8. The van der Waals surface area contributed by atoms with Crippen molar-refractivity contribution in [3.63, 3.8) is 0 Å². The summed E-state index contributed by atoms with van der Waals surface area (Å²) in [7, 11) is 1.76. The molecule has 1 aromatic carbocycles. The molecule has 1 fully saturated rings. The van der Waals surface area contributed by atoms with Crippen molar-refractivity contribution in [1.82, 2.24) is 25.1 Å². The fourth-order valence-electron chi connectivity index (χ4n) is 3.81. The molecular formula is C21H32FIN6. The molecule has 1 saturated heterocycles. The Bertz CT molecular complexity index is 765. The fraction of sp³-hybridized carbons (Fsp3) is 0.524. The SMILES string of the molecule is CCC1CCCCN1CCNC(=NC)NCc1ccc(-n2ccnc2)c(F)c1.I. The first kappa shape index (κ1) is 23.6. The maximum absolute atomic E-state index is 14.4. The van der Waals surface area contributed by atoms with Crippen LogP contribution in [0.5, 0.6) is 0 Å². The Kier molecular flexibility index (Phi) is 9.86. The zero-order valence-electron chi connectivity index (χ0n) is 17.3. The number of likely N-dealkylation sites (tertiary alicyclic amines) is 1. The van der Waals surface area contributed by atoms with Crippen LogP contribution in [-0.2, 0) is 6.54 Å². The number of halogens is 2. The van der Waals surface area contributed by atoms with Crippen LogP contribution < -0.4 is 10.6 Å². The molecule has 2 aromatic rings. The third-order valence-corrected chi connectivity index (χ3v) is 5.39. The molecular weight excluding hydrogens is 482 g/mol. The van der Waals surface area contributed by atoms with Gasteiger partial charge in [-0.15, -0.1) is 24.0 Å². The van der Waals surface area contributed by atoms with Gasteiger partial charge in [-0.3, -0.25) is 9.89 Å². The molecule has 2 N–H and O–H groups in total.